The Morgan fingerprint density at radius 3 is 0.846 bits per heavy atom. The molecule has 0 N–H and O–H groups in total. The first-order valence-corrected chi connectivity index (χ1v) is 13.8. The summed E-state index contributed by atoms with van der Waals surface area (Å²) in [4.78, 5) is 0. The van der Waals surface area contributed by atoms with Gasteiger partial charge in [-0.05, 0) is 73.5 Å². The van der Waals surface area contributed by atoms with Crippen molar-refractivity contribution in [2.75, 3.05) is 12.3 Å². The zero-order valence-corrected chi connectivity index (χ0v) is 19.7. The summed E-state index contributed by atoms with van der Waals surface area (Å²) in [6.07, 6.45) is 27.3. The molecule has 0 heterocycles. The van der Waals surface area contributed by atoms with Crippen LogP contribution in [0.1, 0.15) is 103 Å². The predicted molar refractivity (Wildman–Crippen MR) is 124 cm³/mol. The van der Waals surface area contributed by atoms with Gasteiger partial charge in [-0.25, -0.2) is 0 Å². The molecule has 0 radical (unpaired) electrons. The summed E-state index contributed by atoms with van der Waals surface area (Å²) in [5.41, 5.74) is 0. The first-order chi connectivity index (χ1) is 12.8. The molecule has 3 aliphatic carbocycles. The molecule has 0 nitrogen and oxygen atoms in total. The SMILES string of the molecule is PCCC1CCC(CC2CCC(CC3CCC(CCP)CC3)CC2)CC1. The Hall–Kier alpha value is 0.860. The van der Waals surface area contributed by atoms with Crippen LogP contribution in [0.2, 0.25) is 0 Å². The van der Waals surface area contributed by atoms with Crippen LogP contribution in [-0.4, -0.2) is 12.3 Å². The van der Waals surface area contributed by atoms with Crippen LogP contribution < -0.4 is 0 Å². The van der Waals surface area contributed by atoms with E-state index in [1.54, 1.807) is 64.2 Å². The third kappa shape index (κ3) is 7.03. The van der Waals surface area contributed by atoms with Crippen LogP contribution >= 0.6 is 18.5 Å². The molecule has 0 aliphatic heterocycles. The van der Waals surface area contributed by atoms with Gasteiger partial charge in [-0.2, -0.15) is 0 Å². The molecule has 3 aliphatic rings. The summed E-state index contributed by atoms with van der Waals surface area (Å²) in [5, 5.41) is 0. The highest BCUT2D eigenvalue weighted by Gasteiger charge is 2.29. The van der Waals surface area contributed by atoms with E-state index in [1.165, 1.54) is 50.8 Å². The van der Waals surface area contributed by atoms with E-state index in [0.29, 0.717) is 0 Å². The molecular formula is C24H46P2. The summed E-state index contributed by atoms with van der Waals surface area (Å²) in [6, 6.07) is 0. The lowest BCUT2D eigenvalue weighted by Gasteiger charge is -2.36. The maximum Gasteiger partial charge on any atom is -0.0378 e. The Balaban J connectivity index is 1.28. The summed E-state index contributed by atoms with van der Waals surface area (Å²) >= 11 is 0. The third-order valence-electron chi connectivity index (χ3n) is 8.38. The average Bonchev–Trinajstić information content (AvgIpc) is 2.67. The van der Waals surface area contributed by atoms with E-state index >= 15 is 0 Å². The van der Waals surface area contributed by atoms with Crippen LogP contribution in [0.3, 0.4) is 0 Å². The fourth-order valence-electron chi connectivity index (χ4n) is 6.63. The van der Waals surface area contributed by atoms with Crippen molar-refractivity contribution >= 4 is 18.5 Å². The van der Waals surface area contributed by atoms with Gasteiger partial charge in [0.2, 0.25) is 0 Å². The summed E-state index contributed by atoms with van der Waals surface area (Å²) < 4.78 is 0. The summed E-state index contributed by atoms with van der Waals surface area (Å²) in [5.74, 6) is 6.48. The van der Waals surface area contributed by atoms with Crippen molar-refractivity contribution in [3.8, 4) is 0 Å². The molecular weight excluding hydrogens is 350 g/mol. The van der Waals surface area contributed by atoms with Gasteiger partial charge in [0, 0.05) is 0 Å². The van der Waals surface area contributed by atoms with Crippen LogP contribution in [0.15, 0.2) is 0 Å². The molecule has 0 saturated heterocycles. The Kier molecular flexibility index (Phi) is 9.76. The molecule has 26 heavy (non-hydrogen) atoms. The molecule has 2 atom stereocenters. The number of hydrogen-bond acceptors (Lipinski definition) is 0. The zero-order valence-electron chi connectivity index (χ0n) is 17.3. The monoisotopic (exact) mass is 396 g/mol. The quantitative estimate of drug-likeness (QED) is 0.368. The van der Waals surface area contributed by atoms with Gasteiger partial charge in [-0.1, -0.05) is 77.0 Å². The molecule has 0 amide bonds. The van der Waals surface area contributed by atoms with Crippen LogP contribution in [0.4, 0.5) is 0 Å². The van der Waals surface area contributed by atoms with Crippen molar-refractivity contribution in [1.29, 1.82) is 0 Å². The van der Waals surface area contributed by atoms with Crippen LogP contribution in [-0.2, 0) is 0 Å². The van der Waals surface area contributed by atoms with Crippen molar-refractivity contribution in [1.82, 2.24) is 0 Å². The van der Waals surface area contributed by atoms with Gasteiger partial charge < -0.3 is 0 Å². The Morgan fingerprint density at radius 1 is 0.385 bits per heavy atom. The van der Waals surface area contributed by atoms with E-state index in [4.69, 9.17) is 0 Å². The predicted octanol–water partition coefficient (Wildman–Crippen LogP) is 7.72. The number of hydrogen-bond donors (Lipinski definition) is 0. The summed E-state index contributed by atoms with van der Waals surface area (Å²) in [6.45, 7) is 0. The van der Waals surface area contributed by atoms with Crippen LogP contribution in [0.5, 0.6) is 0 Å². The smallest absolute Gasteiger partial charge is 0.0378 e. The third-order valence-corrected chi connectivity index (χ3v) is 9.05. The van der Waals surface area contributed by atoms with Crippen LogP contribution in [0.25, 0.3) is 0 Å². The molecule has 152 valence electrons. The molecule has 0 aromatic heterocycles. The fraction of sp³-hybridized carbons (Fsp3) is 1.00. The second kappa shape index (κ2) is 11.8. The zero-order chi connectivity index (χ0) is 18.2. The van der Waals surface area contributed by atoms with Crippen molar-refractivity contribution in [3.05, 3.63) is 0 Å². The highest BCUT2D eigenvalue weighted by molar-refractivity contribution is 7.16. The molecule has 0 bridgehead atoms. The lowest BCUT2D eigenvalue weighted by Crippen LogP contribution is -2.23. The minimum absolute atomic E-state index is 1.06. The molecule has 0 aromatic rings. The lowest BCUT2D eigenvalue weighted by atomic mass is 9.70. The topological polar surface area (TPSA) is 0 Å². The molecule has 3 fully saturated rings. The highest BCUT2D eigenvalue weighted by atomic mass is 31.0. The minimum Gasteiger partial charge on any atom is -0.138 e. The second-order valence-electron chi connectivity index (χ2n) is 10.3. The van der Waals surface area contributed by atoms with Crippen molar-refractivity contribution in [3.63, 3.8) is 0 Å². The van der Waals surface area contributed by atoms with E-state index in [0.717, 1.165) is 35.5 Å². The normalized spacial score (nSPS) is 39.0. The molecule has 2 unspecified atom stereocenters. The highest BCUT2D eigenvalue weighted by Crippen LogP contribution is 2.42. The number of rotatable bonds is 8. The summed E-state index contributed by atoms with van der Waals surface area (Å²) in [7, 11) is 5.85. The van der Waals surface area contributed by atoms with Gasteiger partial charge >= 0.3 is 0 Å². The van der Waals surface area contributed by atoms with Crippen LogP contribution in [0, 0.1) is 35.5 Å². The Morgan fingerprint density at radius 2 is 0.615 bits per heavy atom. The van der Waals surface area contributed by atoms with Gasteiger partial charge in [-0.3, -0.25) is 0 Å². The van der Waals surface area contributed by atoms with E-state index in [-0.39, 0.29) is 0 Å². The van der Waals surface area contributed by atoms with E-state index in [1.807, 2.05) is 0 Å². The van der Waals surface area contributed by atoms with Gasteiger partial charge in [0.05, 0.1) is 0 Å². The fourth-order valence-corrected chi connectivity index (χ4v) is 7.57. The van der Waals surface area contributed by atoms with Gasteiger partial charge in [0.15, 0.2) is 0 Å². The average molecular weight is 397 g/mol. The van der Waals surface area contributed by atoms with Gasteiger partial charge in [0.1, 0.15) is 0 Å². The Bertz CT molecular complexity index is 322. The van der Waals surface area contributed by atoms with E-state index < -0.39 is 0 Å². The van der Waals surface area contributed by atoms with E-state index in [9.17, 15) is 0 Å². The molecule has 3 saturated carbocycles. The maximum atomic E-state index is 2.93. The first-order valence-electron chi connectivity index (χ1n) is 12.2. The second-order valence-corrected chi connectivity index (χ2v) is 11.4. The van der Waals surface area contributed by atoms with E-state index in [2.05, 4.69) is 18.5 Å². The van der Waals surface area contributed by atoms with Crippen molar-refractivity contribution < 1.29 is 0 Å². The Labute approximate surface area is 169 Å². The van der Waals surface area contributed by atoms with Crippen molar-refractivity contribution in [2.45, 2.75) is 103 Å². The van der Waals surface area contributed by atoms with Gasteiger partial charge in [0.25, 0.3) is 0 Å². The minimum atomic E-state index is 1.06. The molecule has 0 aromatic carbocycles. The largest absolute Gasteiger partial charge is 0.138 e. The molecule has 0 spiro atoms. The lowest BCUT2D eigenvalue weighted by molar-refractivity contribution is 0.163. The van der Waals surface area contributed by atoms with Crippen molar-refractivity contribution in [2.24, 2.45) is 35.5 Å². The molecule has 3 rings (SSSR count). The maximum absolute atomic E-state index is 2.93. The molecule has 2 heteroatoms. The standard InChI is InChI=1S/C24H46P2/c25-15-13-19-1-5-21(6-2-19)17-23-9-11-24(12-10-23)18-22-7-3-20(4-8-22)14-16-26/h19-24H,1-18,25-26H2. The van der Waals surface area contributed by atoms with Gasteiger partial charge in [-0.15, -0.1) is 18.5 Å². The first kappa shape index (κ1) is 21.6.